The molecule has 2 aromatic rings. The number of carbonyl (C=O) groups excluding carboxylic acids is 2. The second-order valence-corrected chi connectivity index (χ2v) is 10.0. The summed E-state index contributed by atoms with van der Waals surface area (Å²) in [4.78, 5) is 31.0. The molecule has 0 radical (unpaired) electrons. The van der Waals surface area contributed by atoms with E-state index >= 15 is 0 Å². The van der Waals surface area contributed by atoms with Crippen molar-refractivity contribution in [3.05, 3.63) is 65.2 Å². The Bertz CT molecular complexity index is 1090. The van der Waals surface area contributed by atoms with Gasteiger partial charge in [0.05, 0.1) is 24.3 Å². The molecule has 0 bridgehead atoms. The average molecular weight is 494 g/mol. The fourth-order valence-electron chi connectivity index (χ4n) is 5.46. The zero-order valence-electron chi connectivity index (χ0n) is 20.8. The van der Waals surface area contributed by atoms with E-state index in [2.05, 4.69) is 23.1 Å². The number of piperidine rings is 1. The molecule has 3 aliphatic heterocycles. The summed E-state index contributed by atoms with van der Waals surface area (Å²) in [5.41, 5.74) is 3.13. The number of amides is 2. The van der Waals surface area contributed by atoms with Gasteiger partial charge in [0.2, 0.25) is 12.2 Å². The van der Waals surface area contributed by atoms with Crippen LogP contribution in [0.3, 0.4) is 0 Å². The number of fused-ring (bicyclic) bond motifs is 2. The van der Waals surface area contributed by atoms with Gasteiger partial charge < -0.3 is 24.4 Å². The summed E-state index contributed by atoms with van der Waals surface area (Å²) in [6.45, 7) is 5.40. The molecule has 0 aromatic heterocycles. The third kappa shape index (κ3) is 5.72. The Hall–Kier alpha value is -2.94. The normalized spacial score (nSPS) is 23.3. The maximum Gasteiger partial charge on any atom is 0.257 e. The molecule has 2 amide bonds. The van der Waals surface area contributed by atoms with Crippen molar-refractivity contribution < 1.29 is 24.2 Å². The van der Waals surface area contributed by atoms with Crippen molar-refractivity contribution in [2.75, 3.05) is 39.3 Å². The zero-order valence-corrected chi connectivity index (χ0v) is 20.8. The minimum Gasteiger partial charge on any atom is -0.462 e. The fourth-order valence-corrected chi connectivity index (χ4v) is 5.46. The van der Waals surface area contributed by atoms with Crippen molar-refractivity contribution in [2.24, 2.45) is 0 Å². The molecule has 8 nitrogen and oxygen atoms in total. The third-order valence-electron chi connectivity index (χ3n) is 7.31. The molecular weight excluding hydrogens is 458 g/mol. The molecule has 3 heterocycles. The van der Waals surface area contributed by atoms with E-state index in [0.717, 1.165) is 38.9 Å². The number of benzene rings is 2. The maximum absolute atomic E-state index is 13.4. The highest BCUT2D eigenvalue weighted by Crippen LogP contribution is 2.27. The lowest BCUT2D eigenvalue weighted by Crippen LogP contribution is -2.48. The summed E-state index contributed by atoms with van der Waals surface area (Å²) in [6.07, 6.45) is 1.12. The van der Waals surface area contributed by atoms with E-state index in [1.165, 1.54) is 11.1 Å². The highest BCUT2D eigenvalue weighted by atomic mass is 16.7. The summed E-state index contributed by atoms with van der Waals surface area (Å²) in [6, 6.07) is 15.6. The maximum atomic E-state index is 13.4. The van der Waals surface area contributed by atoms with E-state index in [9.17, 15) is 14.7 Å². The first kappa shape index (κ1) is 24.7. The van der Waals surface area contributed by atoms with Crippen LogP contribution in [0.1, 0.15) is 41.3 Å². The number of nitrogens with zero attached hydrogens (tertiary/aromatic N) is 3. The van der Waals surface area contributed by atoms with E-state index in [1.807, 2.05) is 18.2 Å². The van der Waals surface area contributed by atoms with Gasteiger partial charge in [-0.15, -0.1) is 0 Å². The lowest BCUT2D eigenvalue weighted by atomic mass is 10.00. The topological polar surface area (TPSA) is 82.6 Å². The first-order chi connectivity index (χ1) is 17.5. The predicted octanol–water partition coefficient (Wildman–Crippen LogP) is 2.29. The van der Waals surface area contributed by atoms with Crippen LogP contribution in [-0.4, -0.2) is 89.4 Å². The molecule has 3 atom stereocenters. The molecule has 0 saturated carbocycles. The minimum absolute atomic E-state index is 0.0377. The monoisotopic (exact) mass is 493 g/mol. The first-order valence-corrected chi connectivity index (χ1v) is 12.9. The number of rotatable bonds is 6. The van der Waals surface area contributed by atoms with Gasteiger partial charge in [-0.1, -0.05) is 36.4 Å². The standard InChI is InChI=1S/C28H35N3O5/c1-20(32)30-13-6-9-24(18-30)35-27-19-31(28(34)25-10-4-5-11-26(25)36-27)17-23(33)16-29-14-12-21-7-2-3-8-22(21)15-29/h2-5,7-8,10-11,23-24,27,33H,6,9,12-19H2,1H3/t23-,24?,27?/m1/s1. The van der Waals surface area contributed by atoms with Gasteiger partial charge in [0.25, 0.3) is 5.91 Å². The summed E-state index contributed by atoms with van der Waals surface area (Å²) in [5, 5.41) is 11.0. The van der Waals surface area contributed by atoms with Gasteiger partial charge in [-0.05, 0) is 42.5 Å². The molecule has 2 unspecified atom stereocenters. The molecule has 192 valence electrons. The van der Waals surface area contributed by atoms with Crippen LogP contribution in [-0.2, 0) is 22.5 Å². The Kier molecular flexibility index (Phi) is 7.55. The number of hydrogen-bond acceptors (Lipinski definition) is 6. The molecule has 2 aromatic carbocycles. The van der Waals surface area contributed by atoms with Gasteiger partial charge in [0, 0.05) is 46.2 Å². The minimum atomic E-state index is -0.701. The van der Waals surface area contributed by atoms with Crippen molar-refractivity contribution in [3.8, 4) is 5.75 Å². The van der Waals surface area contributed by atoms with Crippen LogP contribution >= 0.6 is 0 Å². The number of aliphatic hydroxyl groups is 1. The van der Waals surface area contributed by atoms with Crippen molar-refractivity contribution in [1.29, 1.82) is 0 Å². The number of likely N-dealkylation sites (tertiary alicyclic amines) is 1. The third-order valence-corrected chi connectivity index (χ3v) is 7.31. The summed E-state index contributed by atoms with van der Waals surface area (Å²) >= 11 is 0. The molecule has 8 heteroatoms. The van der Waals surface area contributed by atoms with Gasteiger partial charge in [-0.2, -0.15) is 0 Å². The van der Waals surface area contributed by atoms with Crippen molar-refractivity contribution in [3.63, 3.8) is 0 Å². The van der Waals surface area contributed by atoms with E-state index in [1.54, 1.807) is 28.9 Å². The second-order valence-electron chi connectivity index (χ2n) is 10.0. The molecule has 1 saturated heterocycles. The van der Waals surface area contributed by atoms with Crippen molar-refractivity contribution in [1.82, 2.24) is 14.7 Å². The summed E-state index contributed by atoms with van der Waals surface area (Å²) in [5.74, 6) is 0.348. The van der Waals surface area contributed by atoms with Gasteiger partial charge in [0.15, 0.2) is 0 Å². The summed E-state index contributed by atoms with van der Waals surface area (Å²) < 4.78 is 12.4. The molecule has 0 spiro atoms. The smallest absolute Gasteiger partial charge is 0.257 e. The van der Waals surface area contributed by atoms with Crippen LogP contribution in [0.4, 0.5) is 0 Å². The Morgan fingerprint density at radius 1 is 1.08 bits per heavy atom. The Labute approximate surface area is 212 Å². The van der Waals surface area contributed by atoms with Gasteiger partial charge in [-0.25, -0.2) is 0 Å². The number of β-amino-alcohol motifs (C(OH)–C–C–N with tert-alkyl or cyclic N) is 1. The molecule has 0 aliphatic carbocycles. The Morgan fingerprint density at radius 3 is 2.69 bits per heavy atom. The van der Waals surface area contributed by atoms with Crippen LogP contribution < -0.4 is 4.74 Å². The zero-order chi connectivity index (χ0) is 25.1. The Morgan fingerprint density at radius 2 is 1.86 bits per heavy atom. The van der Waals surface area contributed by atoms with Gasteiger partial charge in [-0.3, -0.25) is 14.5 Å². The predicted molar refractivity (Wildman–Crippen MR) is 135 cm³/mol. The van der Waals surface area contributed by atoms with Gasteiger partial charge >= 0.3 is 0 Å². The molecular formula is C28H35N3O5. The molecule has 1 N–H and O–H groups in total. The van der Waals surface area contributed by atoms with Crippen LogP contribution in [0.2, 0.25) is 0 Å². The van der Waals surface area contributed by atoms with Crippen LogP contribution in [0.5, 0.6) is 5.75 Å². The van der Waals surface area contributed by atoms with Crippen molar-refractivity contribution >= 4 is 11.8 Å². The van der Waals surface area contributed by atoms with Crippen LogP contribution in [0.15, 0.2) is 48.5 Å². The number of aliphatic hydroxyl groups excluding tert-OH is 1. The van der Waals surface area contributed by atoms with E-state index in [0.29, 0.717) is 24.4 Å². The fraction of sp³-hybridized carbons (Fsp3) is 0.500. The lowest BCUT2D eigenvalue weighted by molar-refractivity contribution is -0.151. The van der Waals surface area contributed by atoms with Crippen LogP contribution in [0, 0.1) is 0 Å². The molecule has 3 aliphatic rings. The Balaban J connectivity index is 1.26. The number of ether oxygens (including phenoxy) is 2. The quantitative estimate of drug-likeness (QED) is 0.665. The average Bonchev–Trinajstić information content (AvgIpc) is 3.00. The molecule has 1 fully saturated rings. The highest BCUT2D eigenvalue weighted by Gasteiger charge is 2.33. The largest absolute Gasteiger partial charge is 0.462 e. The lowest BCUT2D eigenvalue weighted by Gasteiger charge is -2.35. The number of carbonyl (C=O) groups is 2. The van der Waals surface area contributed by atoms with E-state index < -0.39 is 12.4 Å². The SMILES string of the molecule is CC(=O)N1CCCC(OC2CN(C[C@H](O)CN3CCc4ccccc4C3)C(=O)c3ccccc3O2)C1. The number of para-hydroxylation sites is 1. The van der Waals surface area contributed by atoms with E-state index in [-0.39, 0.29) is 31.0 Å². The molecule has 36 heavy (non-hydrogen) atoms. The first-order valence-electron chi connectivity index (χ1n) is 12.9. The highest BCUT2D eigenvalue weighted by molar-refractivity contribution is 5.97. The number of hydrogen-bond donors (Lipinski definition) is 1. The summed E-state index contributed by atoms with van der Waals surface area (Å²) in [7, 11) is 0. The van der Waals surface area contributed by atoms with Crippen molar-refractivity contribution in [2.45, 2.75) is 51.2 Å². The molecule has 5 rings (SSSR count). The second kappa shape index (κ2) is 11.0. The van der Waals surface area contributed by atoms with E-state index in [4.69, 9.17) is 9.47 Å². The van der Waals surface area contributed by atoms with Crippen LogP contribution in [0.25, 0.3) is 0 Å². The van der Waals surface area contributed by atoms with Gasteiger partial charge in [0.1, 0.15) is 5.75 Å².